The fraction of sp³-hybridized carbons (Fsp3) is 0.318. The van der Waals surface area contributed by atoms with E-state index in [4.69, 9.17) is 11.5 Å². The molecular weight excluding hydrogens is 444 g/mol. The lowest BCUT2D eigenvalue weighted by Gasteiger charge is -2.28. The lowest BCUT2D eigenvalue weighted by molar-refractivity contribution is -0.139. The summed E-state index contributed by atoms with van der Waals surface area (Å²) in [5.41, 5.74) is 13.0. The summed E-state index contributed by atoms with van der Waals surface area (Å²) < 4.78 is 23.2. The van der Waals surface area contributed by atoms with Crippen molar-refractivity contribution in [3.05, 3.63) is 65.7 Å². The van der Waals surface area contributed by atoms with Crippen LogP contribution in [-0.2, 0) is 33.8 Å². The van der Waals surface area contributed by atoms with Gasteiger partial charge in [0, 0.05) is 13.1 Å². The van der Waals surface area contributed by atoms with Crippen molar-refractivity contribution in [1.29, 1.82) is 0 Å². The molecule has 33 heavy (non-hydrogen) atoms. The van der Waals surface area contributed by atoms with Crippen molar-refractivity contribution in [2.75, 3.05) is 6.54 Å². The van der Waals surface area contributed by atoms with Gasteiger partial charge in [0.25, 0.3) is 0 Å². The van der Waals surface area contributed by atoms with E-state index in [1.807, 2.05) is 36.4 Å². The number of hydrogen-bond acceptors (Lipinski definition) is 4. The highest BCUT2D eigenvalue weighted by atomic mass is 32.2. The number of nitrogens with two attached hydrogens (primary N) is 2. The van der Waals surface area contributed by atoms with E-state index in [0.29, 0.717) is 25.1 Å². The van der Waals surface area contributed by atoms with Gasteiger partial charge in [-0.25, -0.2) is 13.9 Å². The van der Waals surface area contributed by atoms with Gasteiger partial charge < -0.3 is 21.7 Å². The van der Waals surface area contributed by atoms with Gasteiger partial charge >= 0.3 is 0 Å². The average molecular weight is 473 g/mol. The molecule has 11 heteroatoms. The minimum Gasteiger partial charge on any atom is -0.370 e. The predicted octanol–water partition coefficient (Wildman–Crippen LogP) is 0.536. The Labute approximate surface area is 194 Å². The van der Waals surface area contributed by atoms with Crippen molar-refractivity contribution < 1.29 is 18.4 Å². The molecular formula is C22H28N6O4S. The van der Waals surface area contributed by atoms with Crippen LogP contribution in [0.5, 0.6) is 0 Å². The van der Waals surface area contributed by atoms with Gasteiger partial charge in [-0.2, -0.15) is 0 Å². The normalized spacial score (nSPS) is 17.2. The summed E-state index contributed by atoms with van der Waals surface area (Å²) in [7, 11) is 0. The summed E-state index contributed by atoms with van der Waals surface area (Å²) in [4.78, 5) is 31.6. The maximum absolute atomic E-state index is 13.2. The van der Waals surface area contributed by atoms with Crippen LogP contribution < -0.4 is 21.5 Å². The van der Waals surface area contributed by atoms with Crippen LogP contribution in [0, 0.1) is 0 Å². The number of aliphatic imine (C=N–C) groups is 1. The Kier molecular flexibility index (Phi) is 8.52. The molecule has 1 saturated heterocycles. The minimum absolute atomic E-state index is 0.0567. The van der Waals surface area contributed by atoms with E-state index in [2.05, 4.69) is 15.0 Å². The van der Waals surface area contributed by atoms with Gasteiger partial charge in [-0.05, 0) is 42.5 Å². The molecule has 2 amide bonds. The van der Waals surface area contributed by atoms with Crippen LogP contribution in [0.15, 0.2) is 59.6 Å². The Morgan fingerprint density at radius 3 is 2.58 bits per heavy atom. The molecule has 0 spiro atoms. The molecule has 3 atom stereocenters. The first-order valence-corrected chi connectivity index (χ1v) is 11.6. The molecule has 0 radical (unpaired) electrons. The van der Waals surface area contributed by atoms with Crippen LogP contribution in [-0.4, -0.2) is 50.1 Å². The molecule has 1 heterocycles. The second-order valence-corrected chi connectivity index (χ2v) is 8.46. The molecule has 3 rings (SSSR count). The fourth-order valence-corrected chi connectivity index (χ4v) is 4.27. The fourth-order valence-electron chi connectivity index (χ4n) is 3.85. The number of guanidine groups is 1. The van der Waals surface area contributed by atoms with Crippen LogP contribution in [0.3, 0.4) is 0 Å². The third kappa shape index (κ3) is 7.11. The topological polar surface area (TPSA) is 163 Å². The number of carbonyl (C=O) groups is 2. The molecule has 2 aromatic rings. The smallest absolute Gasteiger partial charge is 0.243 e. The number of nitrogens with one attached hydrogen (secondary N) is 2. The average Bonchev–Trinajstić information content (AvgIpc) is 3.27. The number of nitrogens with zero attached hydrogens (tertiary/aromatic N) is 2. The molecule has 0 aliphatic carbocycles. The molecule has 3 unspecified atom stereocenters. The van der Waals surface area contributed by atoms with Crippen molar-refractivity contribution in [3.8, 4) is 0 Å². The number of amides is 2. The largest absolute Gasteiger partial charge is 0.370 e. The van der Waals surface area contributed by atoms with E-state index in [-0.39, 0.29) is 30.7 Å². The lowest BCUT2D eigenvalue weighted by Crippen LogP contribution is -2.53. The Balaban J connectivity index is 1.66. The first-order valence-electron chi connectivity index (χ1n) is 10.5. The summed E-state index contributed by atoms with van der Waals surface area (Å²) in [6.45, 7) is 0.652. The summed E-state index contributed by atoms with van der Waals surface area (Å²) in [6.07, 6.45) is 1.42. The molecule has 0 saturated carbocycles. The van der Waals surface area contributed by atoms with Gasteiger partial charge in [0.1, 0.15) is 12.1 Å². The second-order valence-electron chi connectivity index (χ2n) is 7.72. The first kappa shape index (κ1) is 24.4. The minimum atomic E-state index is -2.37. The number of rotatable bonds is 9. The zero-order valence-electron chi connectivity index (χ0n) is 18.0. The monoisotopic (exact) mass is 472 g/mol. The van der Waals surface area contributed by atoms with E-state index in [0.717, 1.165) is 11.1 Å². The van der Waals surface area contributed by atoms with E-state index in [1.54, 1.807) is 18.2 Å². The van der Waals surface area contributed by atoms with Gasteiger partial charge in [0.2, 0.25) is 23.1 Å². The second kappa shape index (κ2) is 11.5. The maximum Gasteiger partial charge on any atom is 0.243 e. The van der Waals surface area contributed by atoms with Crippen molar-refractivity contribution in [2.24, 2.45) is 16.5 Å². The zero-order chi connectivity index (χ0) is 23.8. The third-order valence-electron chi connectivity index (χ3n) is 5.30. The van der Waals surface area contributed by atoms with Gasteiger partial charge in [-0.15, -0.1) is 0 Å². The molecule has 10 nitrogen and oxygen atoms in total. The maximum atomic E-state index is 13.2. The predicted molar refractivity (Wildman–Crippen MR) is 126 cm³/mol. The third-order valence-corrected chi connectivity index (χ3v) is 5.78. The van der Waals surface area contributed by atoms with Gasteiger partial charge in [-0.1, -0.05) is 42.5 Å². The zero-order valence-corrected chi connectivity index (χ0v) is 18.8. The van der Waals surface area contributed by atoms with Crippen molar-refractivity contribution in [1.82, 2.24) is 14.9 Å². The molecule has 176 valence electrons. The standard InChI is InChI=1S/C22H28N6O4S/c23-22(24)26-17-9-4-8-16(12-17)14-25-20(29)19-10-5-11-28(19)21(30)18(27-33(31)32)13-15-6-2-1-3-7-15/h1-4,6-9,12,18-19,27H,5,10-11,13-14H2,(H,25,29)(H,31,32)(H4,23,24,26). The first-order chi connectivity index (χ1) is 15.8. The van der Waals surface area contributed by atoms with Gasteiger partial charge in [0.15, 0.2) is 5.96 Å². The van der Waals surface area contributed by atoms with Crippen LogP contribution in [0.1, 0.15) is 24.0 Å². The van der Waals surface area contributed by atoms with E-state index < -0.39 is 23.4 Å². The molecule has 1 aliphatic heterocycles. The SMILES string of the molecule is NC(N)=Nc1cccc(CNC(=O)C2CCCN2C(=O)C(Cc2ccccc2)NS(=O)O)c1. The van der Waals surface area contributed by atoms with Crippen molar-refractivity contribution >= 4 is 34.7 Å². The van der Waals surface area contributed by atoms with Crippen LogP contribution in [0.25, 0.3) is 0 Å². The lowest BCUT2D eigenvalue weighted by atomic mass is 10.1. The van der Waals surface area contributed by atoms with Crippen LogP contribution >= 0.6 is 0 Å². The number of likely N-dealkylation sites (tertiary alicyclic amines) is 1. The van der Waals surface area contributed by atoms with Crippen molar-refractivity contribution in [2.45, 2.75) is 37.9 Å². The Bertz CT molecular complexity index is 1030. The molecule has 1 fully saturated rings. The summed E-state index contributed by atoms with van der Waals surface area (Å²) in [5, 5.41) is 2.86. The Morgan fingerprint density at radius 1 is 1.15 bits per heavy atom. The highest BCUT2D eigenvalue weighted by Gasteiger charge is 2.37. The molecule has 2 aromatic carbocycles. The molecule has 7 N–H and O–H groups in total. The Morgan fingerprint density at radius 2 is 1.88 bits per heavy atom. The highest BCUT2D eigenvalue weighted by molar-refractivity contribution is 7.77. The van der Waals surface area contributed by atoms with E-state index in [1.165, 1.54) is 4.90 Å². The quantitative estimate of drug-likeness (QED) is 0.203. The number of carbonyl (C=O) groups excluding carboxylic acids is 2. The summed E-state index contributed by atoms with van der Waals surface area (Å²) in [6, 6.07) is 14.7. The number of hydrogen-bond donors (Lipinski definition) is 5. The van der Waals surface area contributed by atoms with Crippen LogP contribution in [0.4, 0.5) is 5.69 Å². The van der Waals surface area contributed by atoms with Crippen LogP contribution in [0.2, 0.25) is 0 Å². The number of benzene rings is 2. The van der Waals surface area contributed by atoms with E-state index >= 15 is 0 Å². The van der Waals surface area contributed by atoms with Gasteiger partial charge in [-0.3, -0.25) is 14.1 Å². The van der Waals surface area contributed by atoms with Crippen molar-refractivity contribution in [3.63, 3.8) is 0 Å². The summed E-state index contributed by atoms with van der Waals surface area (Å²) >= 11 is -2.37. The van der Waals surface area contributed by atoms with E-state index in [9.17, 15) is 18.4 Å². The Hall–Kier alpha value is -3.28. The summed E-state index contributed by atoms with van der Waals surface area (Å²) in [5.74, 6) is -0.718. The van der Waals surface area contributed by atoms with Gasteiger partial charge in [0.05, 0.1) is 5.69 Å². The highest BCUT2D eigenvalue weighted by Crippen LogP contribution is 2.20. The molecule has 0 bridgehead atoms. The molecule has 1 aliphatic rings. The molecule has 0 aromatic heterocycles.